The lowest BCUT2D eigenvalue weighted by Gasteiger charge is -2.04. The molecule has 0 aliphatic heterocycles. The molecular weight excluding hydrogens is 224 g/mol. The summed E-state index contributed by atoms with van der Waals surface area (Å²) in [5.41, 5.74) is 0. The first-order valence-corrected chi connectivity index (χ1v) is 6.48. The van der Waals surface area contributed by atoms with Crippen molar-refractivity contribution < 1.29 is 24.3 Å². The molecule has 0 N–H and O–H groups in total. The van der Waals surface area contributed by atoms with Gasteiger partial charge in [-0.25, -0.2) is 9.78 Å². The van der Waals surface area contributed by atoms with Crippen LogP contribution >= 0.6 is 0 Å². The van der Waals surface area contributed by atoms with Gasteiger partial charge < -0.3 is 9.47 Å². The van der Waals surface area contributed by atoms with Crippen LogP contribution < -0.4 is 0 Å². The van der Waals surface area contributed by atoms with Crippen molar-refractivity contribution in [2.24, 2.45) is 0 Å². The maximum absolute atomic E-state index is 5.19. The summed E-state index contributed by atoms with van der Waals surface area (Å²) < 4.78 is 10.4. The molecule has 0 bridgehead atoms. The molecule has 0 heterocycles. The number of unbranched alkanes of at least 4 members (excludes halogenated alkanes) is 2. The van der Waals surface area contributed by atoms with E-state index in [0.717, 1.165) is 52.1 Å². The second kappa shape index (κ2) is 15.8. The summed E-state index contributed by atoms with van der Waals surface area (Å²) >= 11 is 0. The van der Waals surface area contributed by atoms with E-state index < -0.39 is 0 Å². The van der Waals surface area contributed by atoms with Crippen LogP contribution in [0.25, 0.3) is 0 Å². The Balaban J connectivity index is 2.85. The lowest BCUT2D eigenvalue weighted by atomic mass is 10.3. The molecule has 0 aromatic carbocycles. The van der Waals surface area contributed by atoms with E-state index in [-0.39, 0.29) is 0 Å². The monoisotopic (exact) mass is 250 g/mol. The highest BCUT2D eigenvalue weighted by atomic mass is 17.5. The Hall–Kier alpha value is -0.200. The molecule has 0 spiro atoms. The molecule has 0 fully saturated rings. The topological polar surface area (TPSA) is 46.2 Å². The number of rotatable bonds is 14. The Kier molecular flexibility index (Phi) is 15.6. The Morgan fingerprint density at radius 1 is 0.588 bits per heavy atom. The second-order valence-corrected chi connectivity index (χ2v) is 3.52. The van der Waals surface area contributed by atoms with Crippen LogP contribution in [0.4, 0.5) is 0 Å². The van der Waals surface area contributed by atoms with Gasteiger partial charge in [0.15, 0.2) is 0 Å². The predicted octanol–water partition coefficient (Wildman–Crippen LogP) is 2.50. The van der Waals surface area contributed by atoms with Crippen molar-refractivity contribution in [3.05, 3.63) is 0 Å². The molecular formula is C12H26O5. The van der Waals surface area contributed by atoms with Gasteiger partial charge in [0.1, 0.15) is 0 Å². The van der Waals surface area contributed by atoms with Gasteiger partial charge in [0.05, 0.1) is 13.2 Å². The van der Waals surface area contributed by atoms with Crippen LogP contribution in [0.1, 0.15) is 39.5 Å². The van der Waals surface area contributed by atoms with Crippen molar-refractivity contribution in [2.75, 3.05) is 39.6 Å². The first kappa shape index (κ1) is 16.8. The smallest absolute Gasteiger partial charge is 0.0854 e. The van der Waals surface area contributed by atoms with Gasteiger partial charge in [0.2, 0.25) is 0 Å². The van der Waals surface area contributed by atoms with Crippen molar-refractivity contribution >= 4 is 0 Å². The molecule has 0 radical (unpaired) electrons. The summed E-state index contributed by atoms with van der Waals surface area (Å²) in [6, 6.07) is 0. The number of hydrogen-bond donors (Lipinski definition) is 0. The lowest BCUT2D eigenvalue weighted by Crippen LogP contribution is -2.03. The summed E-state index contributed by atoms with van der Waals surface area (Å²) in [6.45, 7) is 8.12. The Morgan fingerprint density at radius 3 is 1.41 bits per heavy atom. The van der Waals surface area contributed by atoms with Crippen molar-refractivity contribution in [1.29, 1.82) is 0 Å². The van der Waals surface area contributed by atoms with Gasteiger partial charge in [-0.15, -0.1) is 0 Å². The van der Waals surface area contributed by atoms with E-state index in [1.165, 1.54) is 0 Å². The van der Waals surface area contributed by atoms with Gasteiger partial charge in [-0.05, 0) is 39.5 Å². The van der Waals surface area contributed by atoms with E-state index in [1.807, 2.05) is 13.8 Å². The fourth-order valence-electron chi connectivity index (χ4n) is 1.12. The fourth-order valence-corrected chi connectivity index (χ4v) is 1.12. The molecule has 104 valence electrons. The van der Waals surface area contributed by atoms with Crippen LogP contribution in [-0.2, 0) is 24.3 Å². The van der Waals surface area contributed by atoms with Crippen LogP contribution in [0.5, 0.6) is 0 Å². The SMILES string of the molecule is CCOCCCCOOOCCCCOCC. The van der Waals surface area contributed by atoms with Gasteiger partial charge in [-0.2, -0.15) is 0 Å². The Bertz CT molecular complexity index is 118. The second-order valence-electron chi connectivity index (χ2n) is 3.52. The minimum atomic E-state index is 0.534. The maximum atomic E-state index is 5.19. The van der Waals surface area contributed by atoms with Gasteiger partial charge in [-0.3, -0.25) is 0 Å². The lowest BCUT2D eigenvalue weighted by molar-refractivity contribution is -0.512. The molecule has 5 heteroatoms. The summed E-state index contributed by atoms with van der Waals surface area (Å²) in [7, 11) is 0. The van der Waals surface area contributed by atoms with Crippen molar-refractivity contribution in [2.45, 2.75) is 39.5 Å². The van der Waals surface area contributed by atoms with Crippen LogP contribution in [0.15, 0.2) is 0 Å². The maximum Gasteiger partial charge on any atom is 0.0854 e. The summed E-state index contributed by atoms with van der Waals surface area (Å²) in [5, 5.41) is 4.57. The van der Waals surface area contributed by atoms with Crippen LogP contribution in [0, 0.1) is 0 Å². The normalized spacial score (nSPS) is 10.9. The van der Waals surface area contributed by atoms with Crippen LogP contribution in [0.3, 0.4) is 0 Å². The van der Waals surface area contributed by atoms with Gasteiger partial charge in [0, 0.05) is 26.4 Å². The summed E-state index contributed by atoms with van der Waals surface area (Å²) in [5.74, 6) is 0. The predicted molar refractivity (Wildman–Crippen MR) is 64.4 cm³/mol. The Morgan fingerprint density at radius 2 is 1.00 bits per heavy atom. The highest BCUT2D eigenvalue weighted by molar-refractivity contribution is 4.36. The minimum Gasteiger partial charge on any atom is -0.382 e. The van der Waals surface area contributed by atoms with E-state index in [2.05, 4.69) is 5.04 Å². The van der Waals surface area contributed by atoms with Crippen LogP contribution in [0.2, 0.25) is 0 Å². The molecule has 0 atom stereocenters. The molecule has 0 unspecified atom stereocenters. The highest BCUT2D eigenvalue weighted by Gasteiger charge is 1.93. The highest BCUT2D eigenvalue weighted by Crippen LogP contribution is 1.95. The molecule has 5 nitrogen and oxygen atoms in total. The van der Waals surface area contributed by atoms with E-state index in [4.69, 9.17) is 19.2 Å². The zero-order chi connectivity index (χ0) is 12.6. The average Bonchev–Trinajstić information content (AvgIpc) is 2.35. The van der Waals surface area contributed by atoms with Crippen molar-refractivity contribution in [3.63, 3.8) is 0 Å². The number of hydrogen-bond acceptors (Lipinski definition) is 5. The molecule has 17 heavy (non-hydrogen) atoms. The standard InChI is InChI=1S/C12H26O5/c1-3-13-9-5-7-11-15-17-16-12-8-6-10-14-4-2/h3-12H2,1-2H3. The molecule has 0 rings (SSSR count). The van der Waals surface area contributed by atoms with E-state index in [9.17, 15) is 0 Å². The van der Waals surface area contributed by atoms with Crippen molar-refractivity contribution in [3.8, 4) is 0 Å². The van der Waals surface area contributed by atoms with E-state index in [0.29, 0.717) is 13.2 Å². The molecule has 0 saturated heterocycles. The number of ether oxygens (including phenoxy) is 2. The molecule has 0 saturated carbocycles. The molecule has 0 amide bonds. The zero-order valence-electron chi connectivity index (χ0n) is 11.1. The largest absolute Gasteiger partial charge is 0.382 e. The third-order valence-corrected chi connectivity index (χ3v) is 2.04. The third kappa shape index (κ3) is 15.8. The zero-order valence-corrected chi connectivity index (χ0v) is 11.1. The average molecular weight is 250 g/mol. The summed E-state index contributed by atoms with van der Waals surface area (Å²) in [4.78, 5) is 9.67. The molecule has 0 aliphatic carbocycles. The molecule has 0 aromatic heterocycles. The van der Waals surface area contributed by atoms with E-state index in [1.54, 1.807) is 0 Å². The fraction of sp³-hybridized carbons (Fsp3) is 1.00. The van der Waals surface area contributed by atoms with Gasteiger partial charge in [-0.1, -0.05) is 5.04 Å². The minimum absolute atomic E-state index is 0.534. The van der Waals surface area contributed by atoms with Gasteiger partial charge in [0.25, 0.3) is 0 Å². The summed E-state index contributed by atoms with van der Waals surface area (Å²) in [6.07, 6.45) is 3.78. The first-order chi connectivity index (χ1) is 8.41. The van der Waals surface area contributed by atoms with Crippen molar-refractivity contribution in [1.82, 2.24) is 0 Å². The van der Waals surface area contributed by atoms with Crippen LogP contribution in [-0.4, -0.2) is 39.6 Å². The quantitative estimate of drug-likeness (QED) is 0.269. The Labute approximate surface area is 104 Å². The third-order valence-electron chi connectivity index (χ3n) is 2.04. The van der Waals surface area contributed by atoms with Gasteiger partial charge >= 0.3 is 0 Å². The first-order valence-electron chi connectivity index (χ1n) is 6.48. The molecule has 0 aliphatic rings. The van der Waals surface area contributed by atoms with E-state index >= 15 is 0 Å². The molecule has 0 aromatic rings.